The molecule has 36 heavy (non-hydrogen) atoms. The van der Waals surface area contributed by atoms with E-state index in [1.54, 1.807) is 31.2 Å². The number of carbonyl (C=O) groups excluding carboxylic acids is 1. The van der Waals surface area contributed by atoms with E-state index < -0.39 is 17.8 Å². The zero-order chi connectivity index (χ0) is 25.4. The molecule has 1 aliphatic heterocycles. The molecule has 4 N–H and O–H groups in total. The first-order chi connectivity index (χ1) is 16.8. The highest BCUT2D eigenvalue weighted by molar-refractivity contribution is 5.95. The molecular formula is C26H36ClFN4O4. The summed E-state index contributed by atoms with van der Waals surface area (Å²) in [5, 5.41) is 10.6. The lowest BCUT2D eigenvalue weighted by atomic mass is 9.99. The van der Waals surface area contributed by atoms with Gasteiger partial charge in [-0.15, -0.1) is 12.4 Å². The number of hydrogen-bond acceptors (Lipinski definition) is 7. The van der Waals surface area contributed by atoms with Gasteiger partial charge < -0.3 is 30.2 Å². The zero-order valence-electron chi connectivity index (χ0n) is 21.0. The Hall–Kier alpha value is -3.04. The number of hydrogen-bond donors (Lipinski definition) is 3. The quantitative estimate of drug-likeness (QED) is 0.228. The van der Waals surface area contributed by atoms with Crippen LogP contribution in [0, 0.1) is 17.1 Å². The molecule has 2 aromatic carbocycles. The van der Waals surface area contributed by atoms with Crippen molar-refractivity contribution in [3.8, 4) is 11.5 Å². The van der Waals surface area contributed by atoms with E-state index >= 15 is 4.39 Å². The number of nitrogens with zero attached hydrogens (tertiary/aromatic N) is 1. The predicted octanol–water partition coefficient (Wildman–Crippen LogP) is 4.37. The molecule has 1 saturated heterocycles. The van der Waals surface area contributed by atoms with E-state index in [1.165, 1.54) is 12.1 Å². The number of ether oxygens (including phenoxy) is 3. The average Bonchev–Trinajstić information content (AvgIpc) is 2.83. The van der Waals surface area contributed by atoms with Gasteiger partial charge in [0.1, 0.15) is 11.6 Å². The molecule has 2 unspecified atom stereocenters. The zero-order valence-corrected chi connectivity index (χ0v) is 21.8. The Morgan fingerprint density at radius 2 is 1.94 bits per heavy atom. The molecule has 10 heteroatoms. The standard InChI is InChI=1S/C26H35FN4O4.ClH/c1-4-33-20-13-21(23(27)22(14-20)35-16-17-7-6-12-31(3)15-17)24(26(32)34-5-2)30-19-10-8-18(9-11-19)25(28)29;/h8-11,13-14,17,24,30H,4-7,12,15-16H2,1-3H3,(H3,28,29);1H. The van der Waals surface area contributed by atoms with Crippen LogP contribution in [0.15, 0.2) is 36.4 Å². The first-order valence-electron chi connectivity index (χ1n) is 12.0. The van der Waals surface area contributed by atoms with Gasteiger partial charge in [-0.05, 0) is 70.6 Å². The minimum Gasteiger partial charge on any atom is -0.494 e. The van der Waals surface area contributed by atoms with Crippen LogP contribution in [-0.2, 0) is 9.53 Å². The fourth-order valence-corrected chi connectivity index (χ4v) is 4.18. The lowest BCUT2D eigenvalue weighted by molar-refractivity contribution is -0.144. The highest BCUT2D eigenvalue weighted by atomic mass is 35.5. The second-order valence-electron chi connectivity index (χ2n) is 8.66. The van der Waals surface area contributed by atoms with Gasteiger partial charge in [0.2, 0.25) is 0 Å². The van der Waals surface area contributed by atoms with Crippen LogP contribution in [0.3, 0.4) is 0 Å². The molecule has 0 radical (unpaired) electrons. The molecule has 1 aliphatic rings. The van der Waals surface area contributed by atoms with Crippen molar-refractivity contribution in [2.24, 2.45) is 11.7 Å². The number of carbonyl (C=O) groups is 1. The van der Waals surface area contributed by atoms with Crippen LogP contribution in [0.25, 0.3) is 0 Å². The fourth-order valence-electron chi connectivity index (χ4n) is 4.18. The van der Waals surface area contributed by atoms with Crippen molar-refractivity contribution in [3.63, 3.8) is 0 Å². The Morgan fingerprint density at radius 1 is 1.22 bits per heavy atom. The monoisotopic (exact) mass is 522 g/mol. The summed E-state index contributed by atoms with van der Waals surface area (Å²) in [6.45, 7) is 6.37. The van der Waals surface area contributed by atoms with Gasteiger partial charge in [0.05, 0.1) is 19.8 Å². The number of anilines is 1. The van der Waals surface area contributed by atoms with Gasteiger partial charge in [-0.1, -0.05) is 0 Å². The number of nitrogens with two attached hydrogens (primary N) is 1. The molecule has 0 saturated carbocycles. The smallest absolute Gasteiger partial charge is 0.333 e. The number of rotatable bonds is 11. The summed E-state index contributed by atoms with van der Waals surface area (Å²) in [7, 11) is 2.07. The summed E-state index contributed by atoms with van der Waals surface area (Å²) in [5.41, 5.74) is 6.68. The van der Waals surface area contributed by atoms with Gasteiger partial charge in [0, 0.05) is 35.3 Å². The van der Waals surface area contributed by atoms with E-state index in [-0.39, 0.29) is 36.2 Å². The van der Waals surface area contributed by atoms with Crippen LogP contribution in [0.1, 0.15) is 43.9 Å². The van der Waals surface area contributed by atoms with Crippen molar-refractivity contribution in [2.75, 3.05) is 45.3 Å². The van der Waals surface area contributed by atoms with Gasteiger partial charge in [-0.3, -0.25) is 5.41 Å². The number of piperidine rings is 1. The first-order valence-corrected chi connectivity index (χ1v) is 12.0. The lowest BCUT2D eigenvalue weighted by Gasteiger charge is -2.29. The number of nitrogen functional groups attached to an aromatic ring is 1. The first kappa shape index (κ1) is 29.2. The third kappa shape index (κ3) is 7.73. The maximum absolute atomic E-state index is 15.8. The average molecular weight is 523 g/mol. The predicted molar refractivity (Wildman–Crippen MR) is 141 cm³/mol. The van der Waals surface area contributed by atoms with E-state index in [0.29, 0.717) is 36.1 Å². The van der Waals surface area contributed by atoms with Crippen molar-refractivity contribution < 1.29 is 23.4 Å². The summed E-state index contributed by atoms with van der Waals surface area (Å²) >= 11 is 0. The SMILES string of the molecule is CCOC(=O)C(Nc1ccc(C(=N)N)cc1)c1cc(OCC)cc(OCC2CCCN(C)C2)c1F.Cl. The highest BCUT2D eigenvalue weighted by Crippen LogP contribution is 2.34. The molecule has 0 aromatic heterocycles. The van der Waals surface area contributed by atoms with Crippen molar-refractivity contribution >= 4 is 29.9 Å². The molecule has 2 atom stereocenters. The Kier molecular flexibility index (Phi) is 11.3. The second kappa shape index (κ2) is 13.9. The van der Waals surface area contributed by atoms with E-state index in [2.05, 4.69) is 17.3 Å². The maximum Gasteiger partial charge on any atom is 0.333 e. The van der Waals surface area contributed by atoms with Crippen molar-refractivity contribution in [2.45, 2.75) is 32.7 Å². The van der Waals surface area contributed by atoms with E-state index in [0.717, 1.165) is 25.9 Å². The molecule has 8 nitrogen and oxygen atoms in total. The Morgan fingerprint density at radius 3 is 2.56 bits per heavy atom. The molecule has 1 heterocycles. The third-order valence-corrected chi connectivity index (χ3v) is 5.89. The number of halogens is 2. The largest absolute Gasteiger partial charge is 0.494 e. The number of amidine groups is 1. The lowest BCUT2D eigenvalue weighted by Crippen LogP contribution is -2.34. The Balaban J connectivity index is 0.00000456. The number of nitrogens with one attached hydrogen (secondary N) is 2. The van der Waals surface area contributed by atoms with Crippen LogP contribution < -0.4 is 20.5 Å². The highest BCUT2D eigenvalue weighted by Gasteiger charge is 2.29. The van der Waals surface area contributed by atoms with Crippen molar-refractivity contribution in [1.82, 2.24) is 4.90 Å². The number of esters is 1. The summed E-state index contributed by atoms with van der Waals surface area (Å²) in [4.78, 5) is 15.1. The van der Waals surface area contributed by atoms with Crippen LogP contribution in [0.4, 0.5) is 10.1 Å². The molecule has 2 aromatic rings. The van der Waals surface area contributed by atoms with E-state index in [1.807, 2.05) is 6.92 Å². The summed E-state index contributed by atoms with van der Waals surface area (Å²) in [5.74, 6) is -0.588. The van der Waals surface area contributed by atoms with Crippen LogP contribution in [0.5, 0.6) is 11.5 Å². The molecular weight excluding hydrogens is 487 g/mol. The van der Waals surface area contributed by atoms with Gasteiger partial charge in [-0.2, -0.15) is 0 Å². The molecule has 1 fully saturated rings. The number of likely N-dealkylation sites (tertiary alicyclic amines) is 1. The van der Waals surface area contributed by atoms with Gasteiger partial charge in [0.15, 0.2) is 17.6 Å². The van der Waals surface area contributed by atoms with Crippen LogP contribution in [-0.4, -0.2) is 56.7 Å². The maximum atomic E-state index is 15.8. The minimum absolute atomic E-state index is 0. The van der Waals surface area contributed by atoms with E-state index in [4.69, 9.17) is 25.4 Å². The Bertz CT molecular complexity index is 1020. The molecule has 0 aliphatic carbocycles. The van der Waals surface area contributed by atoms with Crippen molar-refractivity contribution in [1.29, 1.82) is 5.41 Å². The molecule has 0 spiro atoms. The van der Waals surface area contributed by atoms with Gasteiger partial charge in [0.25, 0.3) is 0 Å². The molecule has 198 valence electrons. The Labute approximate surface area is 218 Å². The van der Waals surface area contributed by atoms with Crippen LogP contribution >= 0.6 is 12.4 Å². The molecule has 3 rings (SSSR count). The molecule has 0 bridgehead atoms. The molecule has 0 amide bonds. The summed E-state index contributed by atoms with van der Waals surface area (Å²) in [6, 6.07) is 8.53. The fraction of sp³-hybridized carbons (Fsp3) is 0.462. The normalized spacial score (nSPS) is 16.4. The van der Waals surface area contributed by atoms with Crippen LogP contribution in [0.2, 0.25) is 0 Å². The summed E-state index contributed by atoms with van der Waals surface area (Å²) in [6.07, 6.45) is 2.10. The number of benzene rings is 2. The second-order valence-corrected chi connectivity index (χ2v) is 8.66. The van der Waals surface area contributed by atoms with Gasteiger partial charge >= 0.3 is 5.97 Å². The topological polar surface area (TPSA) is 110 Å². The minimum atomic E-state index is -1.14. The van der Waals surface area contributed by atoms with Crippen molar-refractivity contribution in [3.05, 3.63) is 53.3 Å². The summed E-state index contributed by atoms with van der Waals surface area (Å²) < 4.78 is 32.6. The third-order valence-electron chi connectivity index (χ3n) is 5.89. The van der Waals surface area contributed by atoms with Gasteiger partial charge in [-0.25, -0.2) is 9.18 Å². The van der Waals surface area contributed by atoms with E-state index in [9.17, 15) is 4.79 Å².